The summed E-state index contributed by atoms with van der Waals surface area (Å²) in [5.41, 5.74) is 0.721. The monoisotopic (exact) mass is 328 g/mol. The molecule has 8 heteroatoms. The van der Waals surface area contributed by atoms with Crippen LogP contribution in [0.5, 0.6) is 11.5 Å². The molecule has 0 bridgehead atoms. The Morgan fingerprint density at radius 2 is 2.05 bits per heavy atom. The number of hydrogen-bond donors (Lipinski definition) is 1. The molecule has 3 rings (SSSR count). The normalized spacial score (nSPS) is 26.4. The summed E-state index contributed by atoms with van der Waals surface area (Å²) in [6.45, 7) is 0. The van der Waals surface area contributed by atoms with Crippen LogP contribution in [-0.4, -0.2) is 51.3 Å². The van der Waals surface area contributed by atoms with Gasteiger partial charge in [0.1, 0.15) is 11.5 Å². The van der Waals surface area contributed by atoms with E-state index >= 15 is 0 Å². The summed E-state index contributed by atoms with van der Waals surface area (Å²) in [4.78, 5) is 1.83. The van der Waals surface area contributed by atoms with Crippen molar-refractivity contribution in [1.82, 2.24) is 5.32 Å². The molecule has 1 aromatic rings. The predicted octanol–water partition coefficient (Wildman–Crippen LogP) is 0.564. The number of thiocarbonyl (C=S) groups is 1. The van der Waals surface area contributed by atoms with E-state index in [4.69, 9.17) is 21.7 Å². The van der Waals surface area contributed by atoms with Gasteiger partial charge in [-0.05, 0) is 24.4 Å². The van der Waals surface area contributed by atoms with Gasteiger partial charge in [-0.1, -0.05) is 0 Å². The lowest BCUT2D eigenvalue weighted by Crippen LogP contribution is -2.37. The molecule has 0 saturated carbocycles. The average molecular weight is 328 g/mol. The van der Waals surface area contributed by atoms with Crippen LogP contribution in [0.4, 0.5) is 5.69 Å². The number of rotatable bonds is 3. The summed E-state index contributed by atoms with van der Waals surface area (Å²) in [6, 6.07) is 5.01. The zero-order valence-corrected chi connectivity index (χ0v) is 13.3. The van der Waals surface area contributed by atoms with Crippen LogP contribution in [0.2, 0.25) is 0 Å². The largest absolute Gasteiger partial charge is 0.497 e. The lowest BCUT2D eigenvalue weighted by atomic mass is 10.1. The van der Waals surface area contributed by atoms with Crippen LogP contribution in [0, 0.1) is 0 Å². The minimum atomic E-state index is -3.04. The number of nitrogens with zero attached hydrogens (tertiary/aromatic N) is 1. The summed E-state index contributed by atoms with van der Waals surface area (Å²) in [5.74, 6) is 1.49. The number of fused-ring (bicyclic) bond motifs is 1. The van der Waals surface area contributed by atoms with Crippen LogP contribution >= 0.6 is 12.2 Å². The lowest BCUT2D eigenvalue weighted by molar-refractivity contribution is 0.403. The minimum Gasteiger partial charge on any atom is -0.497 e. The minimum absolute atomic E-state index is 0.0885. The molecule has 0 unspecified atom stereocenters. The Labute approximate surface area is 128 Å². The molecule has 1 N–H and O–H groups in total. The fourth-order valence-electron chi connectivity index (χ4n) is 2.87. The number of benzene rings is 1. The van der Waals surface area contributed by atoms with Gasteiger partial charge in [0.15, 0.2) is 14.9 Å². The number of methoxy groups -OCH3 is 2. The standard InChI is InChI=1S/C13H16N2O4S2/c1-18-8-3-4-12(19-2)10(5-8)15-11-7-21(16,17)6-9(11)14-13(15)20/h3-5,9,11H,6-7H2,1-2H3,(H,14,20)/t9-,11+/m1/s1. The molecule has 2 aliphatic rings. The zero-order valence-electron chi connectivity index (χ0n) is 11.7. The van der Waals surface area contributed by atoms with Crippen LogP contribution < -0.4 is 19.7 Å². The summed E-state index contributed by atoms with van der Waals surface area (Å²) in [6.07, 6.45) is 0. The van der Waals surface area contributed by atoms with Crippen LogP contribution in [0.3, 0.4) is 0 Å². The SMILES string of the molecule is COc1ccc(OC)c(N2C(=S)N[C@@H]3CS(=O)(=O)C[C@@H]32)c1. The van der Waals surface area contributed by atoms with E-state index in [-0.39, 0.29) is 23.6 Å². The van der Waals surface area contributed by atoms with Crippen LogP contribution in [0.15, 0.2) is 18.2 Å². The molecule has 2 aliphatic heterocycles. The van der Waals surface area contributed by atoms with E-state index in [9.17, 15) is 8.42 Å². The molecule has 0 spiro atoms. The molecule has 1 aromatic carbocycles. The van der Waals surface area contributed by atoms with Crippen molar-refractivity contribution in [2.45, 2.75) is 12.1 Å². The first-order valence-corrected chi connectivity index (χ1v) is 8.70. The average Bonchev–Trinajstić information content (AvgIpc) is 2.88. The number of hydrogen-bond acceptors (Lipinski definition) is 5. The van der Waals surface area contributed by atoms with Gasteiger partial charge in [-0.2, -0.15) is 0 Å². The lowest BCUT2D eigenvalue weighted by Gasteiger charge is -2.25. The van der Waals surface area contributed by atoms with Gasteiger partial charge in [0.25, 0.3) is 0 Å². The van der Waals surface area contributed by atoms with Crippen molar-refractivity contribution in [2.24, 2.45) is 0 Å². The van der Waals surface area contributed by atoms with Crippen LogP contribution in [0.1, 0.15) is 0 Å². The number of nitrogens with one attached hydrogen (secondary N) is 1. The van der Waals surface area contributed by atoms with Crippen molar-refractivity contribution in [3.05, 3.63) is 18.2 Å². The maximum absolute atomic E-state index is 11.8. The van der Waals surface area contributed by atoms with Gasteiger partial charge in [0.05, 0.1) is 43.5 Å². The first-order valence-electron chi connectivity index (χ1n) is 6.47. The van der Waals surface area contributed by atoms with E-state index in [1.165, 1.54) is 0 Å². The van der Waals surface area contributed by atoms with Crippen molar-refractivity contribution >= 4 is 32.9 Å². The fraction of sp³-hybridized carbons (Fsp3) is 0.462. The molecule has 2 fully saturated rings. The molecule has 0 radical (unpaired) electrons. The summed E-state index contributed by atoms with van der Waals surface area (Å²) < 4.78 is 34.3. The van der Waals surface area contributed by atoms with E-state index in [0.717, 1.165) is 5.69 Å². The molecular weight excluding hydrogens is 312 g/mol. The smallest absolute Gasteiger partial charge is 0.174 e. The summed E-state index contributed by atoms with van der Waals surface area (Å²) in [7, 11) is 0.108. The summed E-state index contributed by atoms with van der Waals surface area (Å²) in [5, 5.41) is 3.61. The molecule has 21 heavy (non-hydrogen) atoms. The molecular formula is C13H16N2O4S2. The Morgan fingerprint density at radius 1 is 1.29 bits per heavy atom. The molecule has 0 aromatic heterocycles. The van der Waals surface area contributed by atoms with E-state index in [2.05, 4.69) is 5.32 Å². The van der Waals surface area contributed by atoms with Gasteiger partial charge in [0, 0.05) is 6.07 Å². The zero-order chi connectivity index (χ0) is 15.2. The molecule has 2 saturated heterocycles. The van der Waals surface area contributed by atoms with E-state index < -0.39 is 9.84 Å². The van der Waals surface area contributed by atoms with Crippen molar-refractivity contribution in [1.29, 1.82) is 0 Å². The maximum atomic E-state index is 11.8. The first-order chi connectivity index (χ1) is 9.95. The van der Waals surface area contributed by atoms with Crippen molar-refractivity contribution in [3.63, 3.8) is 0 Å². The summed E-state index contributed by atoms with van der Waals surface area (Å²) >= 11 is 5.36. The Kier molecular flexibility index (Phi) is 3.45. The number of ether oxygens (including phenoxy) is 2. The third-order valence-corrected chi connectivity index (χ3v) is 5.86. The Hall–Kier alpha value is -1.54. The van der Waals surface area contributed by atoms with E-state index in [1.54, 1.807) is 32.4 Å². The number of sulfone groups is 1. The Bertz CT molecular complexity index is 689. The van der Waals surface area contributed by atoms with Gasteiger partial charge in [-0.3, -0.25) is 0 Å². The van der Waals surface area contributed by atoms with Gasteiger partial charge >= 0.3 is 0 Å². The molecule has 114 valence electrons. The third-order valence-electron chi connectivity index (χ3n) is 3.83. The van der Waals surface area contributed by atoms with Gasteiger partial charge in [-0.25, -0.2) is 8.42 Å². The molecule has 2 heterocycles. The molecule has 0 amide bonds. The Balaban J connectivity index is 2.04. The third kappa shape index (κ3) is 2.42. The first kappa shape index (κ1) is 14.4. The van der Waals surface area contributed by atoms with Crippen molar-refractivity contribution in [2.75, 3.05) is 30.6 Å². The highest BCUT2D eigenvalue weighted by Crippen LogP contribution is 2.37. The van der Waals surface area contributed by atoms with Gasteiger partial charge in [0.2, 0.25) is 0 Å². The van der Waals surface area contributed by atoms with Gasteiger partial charge in [-0.15, -0.1) is 0 Å². The Morgan fingerprint density at radius 3 is 2.71 bits per heavy atom. The van der Waals surface area contributed by atoms with E-state index in [0.29, 0.717) is 16.6 Å². The van der Waals surface area contributed by atoms with Gasteiger partial charge < -0.3 is 19.7 Å². The highest BCUT2D eigenvalue weighted by Gasteiger charge is 2.48. The molecule has 2 atom stereocenters. The van der Waals surface area contributed by atoms with Crippen molar-refractivity contribution < 1.29 is 17.9 Å². The molecule has 0 aliphatic carbocycles. The fourth-order valence-corrected chi connectivity index (χ4v) is 5.15. The van der Waals surface area contributed by atoms with Crippen molar-refractivity contribution in [3.8, 4) is 11.5 Å². The maximum Gasteiger partial charge on any atom is 0.174 e. The van der Waals surface area contributed by atoms with Crippen LogP contribution in [0.25, 0.3) is 0 Å². The topological polar surface area (TPSA) is 67.9 Å². The predicted molar refractivity (Wildman–Crippen MR) is 84.0 cm³/mol. The second-order valence-electron chi connectivity index (χ2n) is 5.11. The second-order valence-corrected chi connectivity index (χ2v) is 7.65. The number of anilines is 1. The molecule has 6 nitrogen and oxygen atoms in total. The quantitative estimate of drug-likeness (QED) is 0.813. The highest BCUT2D eigenvalue weighted by molar-refractivity contribution is 7.91. The second kappa shape index (κ2) is 5.03. The highest BCUT2D eigenvalue weighted by atomic mass is 32.2. The van der Waals surface area contributed by atoms with Crippen LogP contribution in [-0.2, 0) is 9.84 Å². The van der Waals surface area contributed by atoms with E-state index in [1.807, 2.05) is 4.90 Å².